The van der Waals surface area contributed by atoms with Gasteiger partial charge in [-0.2, -0.15) is 0 Å². The number of fused-ring (bicyclic) bond motifs is 1. The molecule has 2 aromatic carbocycles. The van der Waals surface area contributed by atoms with Crippen molar-refractivity contribution in [1.82, 2.24) is 20.0 Å². The van der Waals surface area contributed by atoms with Crippen LogP contribution in [0.15, 0.2) is 48.5 Å². The molecule has 210 valence electrons. The average molecular weight is 545 g/mol. The molecule has 0 aromatic heterocycles. The number of imide groups is 1. The SMILES string of the molecule is O=C1CCC(N2Cc3cc(OC[C@@H]4CCCCN4C(=O)[C@H]4CCN(Cc5ccccc5)C4)ccc3C2=O)C(=O)N1. The van der Waals surface area contributed by atoms with E-state index in [1.807, 2.05) is 17.0 Å². The number of nitrogens with zero attached hydrogens (tertiary/aromatic N) is 3. The molecular weight excluding hydrogens is 508 g/mol. The number of rotatable bonds is 7. The van der Waals surface area contributed by atoms with Crippen LogP contribution in [0.2, 0.25) is 0 Å². The van der Waals surface area contributed by atoms with Crippen molar-refractivity contribution in [2.45, 2.75) is 63.7 Å². The van der Waals surface area contributed by atoms with E-state index in [1.54, 1.807) is 17.0 Å². The second kappa shape index (κ2) is 11.4. The fourth-order valence-electron chi connectivity index (χ4n) is 6.55. The molecule has 4 aliphatic rings. The summed E-state index contributed by atoms with van der Waals surface area (Å²) in [6.45, 7) is 4.09. The van der Waals surface area contributed by atoms with Gasteiger partial charge in [0.25, 0.3) is 5.91 Å². The monoisotopic (exact) mass is 544 g/mol. The van der Waals surface area contributed by atoms with Crippen molar-refractivity contribution in [3.63, 3.8) is 0 Å². The van der Waals surface area contributed by atoms with Crippen LogP contribution in [0.5, 0.6) is 5.75 Å². The van der Waals surface area contributed by atoms with Gasteiger partial charge in [-0.15, -0.1) is 0 Å². The molecule has 40 heavy (non-hydrogen) atoms. The van der Waals surface area contributed by atoms with Crippen molar-refractivity contribution >= 4 is 23.6 Å². The van der Waals surface area contributed by atoms with Gasteiger partial charge in [0.2, 0.25) is 17.7 Å². The van der Waals surface area contributed by atoms with Crippen LogP contribution in [-0.2, 0) is 27.5 Å². The molecule has 4 heterocycles. The van der Waals surface area contributed by atoms with Crippen molar-refractivity contribution < 1.29 is 23.9 Å². The second-order valence-electron chi connectivity index (χ2n) is 11.4. The minimum absolute atomic E-state index is 0.0218. The number of nitrogens with one attached hydrogen (secondary N) is 1. The Balaban J connectivity index is 1.06. The highest BCUT2D eigenvalue weighted by Gasteiger charge is 2.39. The summed E-state index contributed by atoms with van der Waals surface area (Å²) in [7, 11) is 0. The Morgan fingerprint density at radius 3 is 2.65 bits per heavy atom. The predicted molar refractivity (Wildman–Crippen MR) is 147 cm³/mol. The maximum absolute atomic E-state index is 13.6. The Morgan fingerprint density at radius 2 is 1.82 bits per heavy atom. The van der Waals surface area contributed by atoms with Gasteiger partial charge >= 0.3 is 0 Å². The topological polar surface area (TPSA) is 99.3 Å². The summed E-state index contributed by atoms with van der Waals surface area (Å²) in [6.07, 6.45) is 4.46. The molecule has 9 nitrogen and oxygen atoms in total. The number of ether oxygens (including phenoxy) is 1. The van der Waals surface area contributed by atoms with E-state index in [1.165, 1.54) is 5.56 Å². The highest BCUT2D eigenvalue weighted by molar-refractivity contribution is 6.05. The fourth-order valence-corrected chi connectivity index (χ4v) is 6.55. The van der Waals surface area contributed by atoms with Gasteiger partial charge in [-0.1, -0.05) is 30.3 Å². The number of carbonyl (C=O) groups excluding carboxylic acids is 4. The number of piperidine rings is 2. The van der Waals surface area contributed by atoms with E-state index in [2.05, 4.69) is 34.5 Å². The van der Waals surface area contributed by atoms with Crippen LogP contribution in [0.1, 0.15) is 60.0 Å². The molecule has 0 spiro atoms. The first-order valence-corrected chi connectivity index (χ1v) is 14.4. The van der Waals surface area contributed by atoms with Gasteiger partial charge in [-0.3, -0.25) is 29.4 Å². The van der Waals surface area contributed by atoms with Gasteiger partial charge in [-0.05, 0) is 68.0 Å². The molecule has 3 atom stereocenters. The first-order valence-electron chi connectivity index (χ1n) is 14.4. The molecule has 0 radical (unpaired) electrons. The number of carbonyl (C=O) groups is 4. The van der Waals surface area contributed by atoms with Gasteiger partial charge in [0.15, 0.2) is 0 Å². The molecule has 1 N–H and O–H groups in total. The van der Waals surface area contributed by atoms with Gasteiger partial charge in [-0.25, -0.2) is 0 Å². The molecule has 3 saturated heterocycles. The molecule has 4 amide bonds. The second-order valence-corrected chi connectivity index (χ2v) is 11.4. The van der Waals surface area contributed by atoms with Crippen molar-refractivity contribution in [3.05, 3.63) is 65.2 Å². The zero-order valence-corrected chi connectivity index (χ0v) is 22.7. The first kappa shape index (κ1) is 26.5. The third-order valence-electron chi connectivity index (χ3n) is 8.72. The molecule has 4 aliphatic heterocycles. The maximum Gasteiger partial charge on any atom is 0.255 e. The predicted octanol–water partition coefficient (Wildman–Crippen LogP) is 2.73. The van der Waals surface area contributed by atoms with Crippen molar-refractivity contribution in [2.75, 3.05) is 26.2 Å². The number of hydrogen-bond donors (Lipinski definition) is 1. The minimum atomic E-state index is -0.636. The number of benzene rings is 2. The molecule has 2 aromatic rings. The Kier molecular flexibility index (Phi) is 7.56. The van der Waals surface area contributed by atoms with Crippen molar-refractivity contribution in [2.24, 2.45) is 5.92 Å². The summed E-state index contributed by atoms with van der Waals surface area (Å²) in [5, 5.41) is 2.34. The molecule has 6 rings (SSSR count). The highest BCUT2D eigenvalue weighted by atomic mass is 16.5. The largest absolute Gasteiger partial charge is 0.491 e. The first-order chi connectivity index (χ1) is 19.5. The van der Waals surface area contributed by atoms with E-state index in [9.17, 15) is 19.2 Å². The number of likely N-dealkylation sites (tertiary alicyclic amines) is 2. The Morgan fingerprint density at radius 1 is 0.975 bits per heavy atom. The molecule has 9 heteroatoms. The molecule has 3 fully saturated rings. The van der Waals surface area contributed by atoms with E-state index >= 15 is 0 Å². The van der Waals surface area contributed by atoms with E-state index in [0.29, 0.717) is 30.9 Å². The van der Waals surface area contributed by atoms with Crippen molar-refractivity contribution in [3.8, 4) is 5.75 Å². The summed E-state index contributed by atoms with van der Waals surface area (Å²) >= 11 is 0. The smallest absolute Gasteiger partial charge is 0.255 e. The Labute approximate surface area is 234 Å². The summed E-state index contributed by atoms with van der Waals surface area (Å²) in [5.41, 5.74) is 2.65. The lowest BCUT2D eigenvalue weighted by molar-refractivity contribution is -0.140. The summed E-state index contributed by atoms with van der Waals surface area (Å²) in [6, 6.07) is 15.2. The Hall–Kier alpha value is -3.72. The Bertz CT molecular complexity index is 1300. The van der Waals surface area contributed by atoms with Crippen LogP contribution < -0.4 is 10.1 Å². The van der Waals surface area contributed by atoms with Crippen LogP contribution in [0, 0.1) is 5.92 Å². The molecule has 1 unspecified atom stereocenters. The average Bonchev–Trinajstić information content (AvgIpc) is 3.56. The lowest BCUT2D eigenvalue weighted by atomic mass is 9.99. The lowest BCUT2D eigenvalue weighted by Gasteiger charge is -2.37. The summed E-state index contributed by atoms with van der Waals surface area (Å²) < 4.78 is 6.21. The van der Waals surface area contributed by atoms with Crippen molar-refractivity contribution in [1.29, 1.82) is 0 Å². The molecule has 0 bridgehead atoms. The van der Waals surface area contributed by atoms with Gasteiger partial charge in [0.05, 0.1) is 12.0 Å². The van der Waals surface area contributed by atoms with Gasteiger partial charge in [0, 0.05) is 38.2 Å². The van der Waals surface area contributed by atoms with Crippen LogP contribution in [0.4, 0.5) is 0 Å². The normalized spacial score (nSPS) is 25.2. The number of hydrogen-bond acceptors (Lipinski definition) is 6. The van der Waals surface area contributed by atoms with E-state index in [4.69, 9.17) is 4.74 Å². The van der Waals surface area contributed by atoms with Crippen LogP contribution >= 0.6 is 0 Å². The van der Waals surface area contributed by atoms with Crippen LogP contribution in [-0.4, -0.2) is 76.7 Å². The lowest BCUT2D eigenvalue weighted by Crippen LogP contribution is -2.52. The maximum atomic E-state index is 13.6. The van der Waals surface area contributed by atoms with Gasteiger partial charge in [0.1, 0.15) is 18.4 Å². The van der Waals surface area contributed by atoms with E-state index in [-0.39, 0.29) is 36.1 Å². The number of amides is 4. The zero-order chi connectivity index (χ0) is 27.6. The van der Waals surface area contributed by atoms with Crippen LogP contribution in [0.3, 0.4) is 0 Å². The van der Waals surface area contributed by atoms with E-state index < -0.39 is 11.9 Å². The minimum Gasteiger partial charge on any atom is -0.491 e. The molecule has 0 saturated carbocycles. The highest BCUT2D eigenvalue weighted by Crippen LogP contribution is 2.31. The molecule has 0 aliphatic carbocycles. The molecular formula is C31H36N4O5. The fraction of sp³-hybridized carbons (Fsp3) is 0.484. The third-order valence-corrected chi connectivity index (χ3v) is 8.72. The summed E-state index contributed by atoms with van der Waals surface area (Å²) in [4.78, 5) is 56.4. The van der Waals surface area contributed by atoms with E-state index in [0.717, 1.165) is 57.4 Å². The van der Waals surface area contributed by atoms with Crippen LogP contribution in [0.25, 0.3) is 0 Å². The third kappa shape index (κ3) is 5.47. The zero-order valence-electron chi connectivity index (χ0n) is 22.7. The quantitative estimate of drug-likeness (QED) is 0.539. The van der Waals surface area contributed by atoms with Gasteiger partial charge < -0.3 is 14.5 Å². The standard InChI is InChI=1S/C31H36N4O5/c36-28-12-11-27(29(37)32-28)35-19-23-16-25(9-10-26(23)31(35)39)40-20-24-8-4-5-14-34(24)30(38)22-13-15-33(18-22)17-21-6-2-1-3-7-21/h1-3,6-7,9-10,16,22,24,27H,4-5,8,11-15,17-20H2,(H,32,36,37)/t22-,24-,27?/m0/s1. The summed E-state index contributed by atoms with van der Waals surface area (Å²) in [5.74, 6) is 0.00885.